The lowest BCUT2D eigenvalue weighted by Crippen LogP contribution is -2.59. The van der Waals surface area contributed by atoms with Crippen LogP contribution in [0.2, 0.25) is 0 Å². The summed E-state index contributed by atoms with van der Waals surface area (Å²) in [6.45, 7) is 8.05. The molecule has 1 aromatic rings. The van der Waals surface area contributed by atoms with Crippen LogP contribution in [-0.2, 0) is 9.53 Å². The van der Waals surface area contributed by atoms with Crippen molar-refractivity contribution in [2.24, 2.45) is 5.92 Å². The summed E-state index contributed by atoms with van der Waals surface area (Å²) in [7, 11) is 0. The van der Waals surface area contributed by atoms with E-state index in [1.165, 1.54) is 11.8 Å². The number of aromatic nitrogens is 2. The zero-order valence-corrected chi connectivity index (χ0v) is 13.8. The SMILES string of the molecule is CCOC(=O)C(CSc1nnc(C)o1)(NC(C)C)C1CC1. The molecule has 0 spiro atoms. The minimum atomic E-state index is -0.669. The summed E-state index contributed by atoms with van der Waals surface area (Å²) in [5.74, 6) is 1.21. The van der Waals surface area contributed by atoms with Gasteiger partial charge in [-0.15, -0.1) is 10.2 Å². The van der Waals surface area contributed by atoms with Gasteiger partial charge in [-0.05, 0) is 39.5 Å². The van der Waals surface area contributed by atoms with Crippen molar-refractivity contribution in [1.29, 1.82) is 0 Å². The fourth-order valence-electron chi connectivity index (χ4n) is 2.43. The molecule has 1 unspecified atom stereocenters. The van der Waals surface area contributed by atoms with Gasteiger partial charge in [-0.2, -0.15) is 0 Å². The first-order chi connectivity index (χ1) is 9.98. The molecule has 1 atom stereocenters. The smallest absolute Gasteiger partial charge is 0.327 e. The number of aryl methyl sites for hydroxylation is 1. The summed E-state index contributed by atoms with van der Waals surface area (Å²) in [5, 5.41) is 11.7. The first kappa shape index (κ1) is 16.3. The Morgan fingerprint density at radius 1 is 1.52 bits per heavy atom. The van der Waals surface area contributed by atoms with Gasteiger partial charge in [0, 0.05) is 18.7 Å². The lowest BCUT2D eigenvalue weighted by atomic mass is 9.94. The number of esters is 1. The molecule has 0 aliphatic heterocycles. The lowest BCUT2D eigenvalue weighted by Gasteiger charge is -2.34. The van der Waals surface area contributed by atoms with Crippen molar-refractivity contribution >= 4 is 17.7 Å². The van der Waals surface area contributed by atoms with E-state index in [9.17, 15) is 4.79 Å². The third kappa shape index (κ3) is 3.97. The second-order valence-corrected chi connectivity index (χ2v) is 6.57. The van der Waals surface area contributed by atoms with Crippen LogP contribution in [0.4, 0.5) is 0 Å². The molecule has 1 aromatic heterocycles. The number of rotatable bonds is 8. The van der Waals surface area contributed by atoms with Crippen LogP contribution < -0.4 is 5.32 Å². The number of ether oxygens (including phenoxy) is 1. The van der Waals surface area contributed by atoms with Crippen LogP contribution in [0.25, 0.3) is 0 Å². The summed E-state index contributed by atoms with van der Waals surface area (Å²) >= 11 is 1.41. The molecule has 1 fully saturated rings. The van der Waals surface area contributed by atoms with Gasteiger partial charge in [-0.25, -0.2) is 0 Å². The molecule has 21 heavy (non-hydrogen) atoms. The molecule has 1 aliphatic rings. The molecule has 2 rings (SSSR count). The van der Waals surface area contributed by atoms with Gasteiger partial charge in [0.1, 0.15) is 5.54 Å². The van der Waals surface area contributed by atoms with Gasteiger partial charge in [-0.3, -0.25) is 10.1 Å². The first-order valence-electron chi connectivity index (χ1n) is 7.35. The molecular formula is C14H23N3O3S. The number of hydrogen-bond donors (Lipinski definition) is 1. The Morgan fingerprint density at radius 2 is 2.24 bits per heavy atom. The highest BCUT2D eigenvalue weighted by molar-refractivity contribution is 7.99. The Bertz CT molecular complexity index is 488. The maximum atomic E-state index is 12.5. The molecule has 0 bridgehead atoms. The number of carbonyl (C=O) groups is 1. The molecule has 1 N–H and O–H groups in total. The van der Waals surface area contributed by atoms with E-state index in [2.05, 4.69) is 15.5 Å². The Hall–Kier alpha value is -1.08. The highest BCUT2D eigenvalue weighted by Crippen LogP contribution is 2.43. The number of hydrogen-bond acceptors (Lipinski definition) is 7. The Kier molecular flexibility index (Phi) is 5.27. The van der Waals surface area contributed by atoms with Crippen molar-refractivity contribution in [1.82, 2.24) is 15.5 Å². The summed E-state index contributed by atoms with van der Waals surface area (Å²) in [6.07, 6.45) is 2.09. The normalized spacial score (nSPS) is 17.8. The number of carbonyl (C=O) groups excluding carboxylic acids is 1. The van der Waals surface area contributed by atoms with E-state index in [-0.39, 0.29) is 12.0 Å². The van der Waals surface area contributed by atoms with Crippen molar-refractivity contribution in [3.8, 4) is 0 Å². The van der Waals surface area contributed by atoms with E-state index in [1.54, 1.807) is 6.92 Å². The predicted molar refractivity (Wildman–Crippen MR) is 80.1 cm³/mol. The number of nitrogens with one attached hydrogen (secondary N) is 1. The maximum absolute atomic E-state index is 12.5. The van der Waals surface area contributed by atoms with E-state index in [4.69, 9.17) is 9.15 Å². The maximum Gasteiger partial charge on any atom is 0.327 e. The van der Waals surface area contributed by atoms with E-state index < -0.39 is 5.54 Å². The topological polar surface area (TPSA) is 77.2 Å². The Morgan fingerprint density at radius 3 is 2.71 bits per heavy atom. The molecule has 6 nitrogen and oxygen atoms in total. The minimum Gasteiger partial charge on any atom is -0.465 e. The summed E-state index contributed by atoms with van der Waals surface area (Å²) in [5.41, 5.74) is -0.669. The van der Waals surface area contributed by atoms with Crippen LogP contribution in [0.3, 0.4) is 0 Å². The van der Waals surface area contributed by atoms with Crippen molar-refractivity contribution in [3.05, 3.63) is 5.89 Å². The van der Waals surface area contributed by atoms with Crippen LogP contribution in [0.15, 0.2) is 9.64 Å². The van der Waals surface area contributed by atoms with Crippen LogP contribution in [0, 0.1) is 12.8 Å². The highest BCUT2D eigenvalue weighted by Gasteiger charge is 2.52. The molecule has 118 valence electrons. The molecule has 1 heterocycles. The quantitative estimate of drug-likeness (QED) is 0.582. The third-order valence-corrected chi connectivity index (χ3v) is 4.40. The minimum absolute atomic E-state index is 0.176. The van der Waals surface area contributed by atoms with E-state index in [1.807, 2.05) is 20.8 Å². The summed E-state index contributed by atoms with van der Waals surface area (Å²) in [4.78, 5) is 12.5. The zero-order valence-electron chi connectivity index (χ0n) is 13.0. The van der Waals surface area contributed by atoms with Crippen LogP contribution in [-0.4, -0.2) is 40.1 Å². The van der Waals surface area contributed by atoms with Crippen LogP contribution >= 0.6 is 11.8 Å². The molecular weight excluding hydrogens is 290 g/mol. The van der Waals surface area contributed by atoms with Crippen molar-refractivity contribution < 1.29 is 13.9 Å². The average molecular weight is 313 g/mol. The third-order valence-electron chi connectivity index (χ3n) is 3.39. The van der Waals surface area contributed by atoms with E-state index >= 15 is 0 Å². The van der Waals surface area contributed by atoms with Crippen LogP contribution in [0.1, 0.15) is 39.5 Å². The fourth-order valence-corrected chi connectivity index (χ4v) is 3.49. The predicted octanol–water partition coefficient (Wildman–Crippen LogP) is 2.18. The van der Waals surface area contributed by atoms with Gasteiger partial charge in [0.2, 0.25) is 5.89 Å². The molecule has 0 radical (unpaired) electrons. The average Bonchev–Trinajstić information content (AvgIpc) is 3.18. The molecule has 0 amide bonds. The largest absolute Gasteiger partial charge is 0.465 e. The monoisotopic (exact) mass is 313 g/mol. The number of thioether (sulfide) groups is 1. The van der Waals surface area contributed by atoms with Crippen molar-refractivity contribution in [2.45, 2.75) is 57.3 Å². The molecule has 0 saturated heterocycles. The van der Waals surface area contributed by atoms with Gasteiger partial charge < -0.3 is 9.15 Å². The van der Waals surface area contributed by atoms with Gasteiger partial charge in [0.15, 0.2) is 0 Å². The molecule has 1 saturated carbocycles. The number of nitrogens with zero attached hydrogens (tertiary/aromatic N) is 2. The van der Waals surface area contributed by atoms with Gasteiger partial charge in [0.25, 0.3) is 5.22 Å². The van der Waals surface area contributed by atoms with Crippen molar-refractivity contribution in [3.63, 3.8) is 0 Å². The Balaban J connectivity index is 2.14. The second-order valence-electron chi connectivity index (χ2n) is 5.64. The first-order valence-corrected chi connectivity index (χ1v) is 8.34. The van der Waals surface area contributed by atoms with Gasteiger partial charge >= 0.3 is 5.97 Å². The fraction of sp³-hybridized carbons (Fsp3) is 0.786. The molecule has 7 heteroatoms. The van der Waals surface area contributed by atoms with Gasteiger partial charge in [-0.1, -0.05) is 11.8 Å². The highest BCUT2D eigenvalue weighted by atomic mass is 32.2. The van der Waals surface area contributed by atoms with E-state index in [0.717, 1.165) is 12.8 Å². The molecule has 1 aliphatic carbocycles. The van der Waals surface area contributed by atoms with Crippen molar-refractivity contribution in [2.75, 3.05) is 12.4 Å². The summed E-state index contributed by atoms with van der Waals surface area (Å²) < 4.78 is 10.7. The van der Waals surface area contributed by atoms with E-state index in [0.29, 0.717) is 29.4 Å². The van der Waals surface area contributed by atoms with Gasteiger partial charge in [0.05, 0.1) is 6.61 Å². The second kappa shape index (κ2) is 6.79. The standard InChI is InChI=1S/C14H23N3O3S/c1-5-19-12(18)14(11-6-7-11,15-9(2)3)8-21-13-17-16-10(4)20-13/h9,11,15H,5-8H2,1-4H3. The lowest BCUT2D eigenvalue weighted by molar-refractivity contribution is -0.151. The summed E-state index contributed by atoms with van der Waals surface area (Å²) in [6, 6.07) is 0.194. The molecule has 0 aromatic carbocycles. The zero-order chi connectivity index (χ0) is 15.5. The Labute approximate surface area is 129 Å². The van der Waals surface area contributed by atoms with Crippen LogP contribution in [0.5, 0.6) is 0 Å².